The zero-order valence-corrected chi connectivity index (χ0v) is 12.7. The van der Waals surface area contributed by atoms with Gasteiger partial charge in [-0.25, -0.2) is 0 Å². The van der Waals surface area contributed by atoms with Gasteiger partial charge in [0.25, 0.3) is 0 Å². The lowest BCUT2D eigenvalue weighted by Crippen LogP contribution is -2.41. The van der Waals surface area contributed by atoms with E-state index < -0.39 is 0 Å². The predicted molar refractivity (Wildman–Crippen MR) is 79.0 cm³/mol. The minimum atomic E-state index is -0.0994. The smallest absolute Gasteiger partial charge is 0.308 e. The Balaban J connectivity index is 2.16. The van der Waals surface area contributed by atoms with Gasteiger partial charge in [0.2, 0.25) is 0 Å². The molecule has 2 rings (SSSR count). The number of fused-ring (bicyclic) bond motifs is 1. The largest absolute Gasteiger partial charge is 0.461 e. The zero-order chi connectivity index (χ0) is 14.7. The third-order valence-corrected chi connectivity index (χ3v) is 4.84. The van der Waals surface area contributed by atoms with Crippen molar-refractivity contribution >= 4 is 5.97 Å². The number of rotatable bonds is 4. The Morgan fingerprint density at radius 1 is 1.55 bits per heavy atom. The number of esters is 1. The van der Waals surface area contributed by atoms with Crippen LogP contribution >= 0.6 is 0 Å². The van der Waals surface area contributed by atoms with Crippen LogP contribution in [-0.2, 0) is 9.53 Å². The highest BCUT2D eigenvalue weighted by Crippen LogP contribution is 2.41. The van der Waals surface area contributed by atoms with Crippen molar-refractivity contribution in [3.63, 3.8) is 0 Å². The highest BCUT2D eigenvalue weighted by molar-refractivity contribution is 5.72. The van der Waals surface area contributed by atoms with E-state index in [1.54, 1.807) is 0 Å². The first-order valence-electron chi connectivity index (χ1n) is 7.78. The SMILES string of the molecule is CC[C@H](C)C(=O)O[C@H]1CCC=C2C=C[C@H](C)[C@H](CO)[C@H]21. The molecular weight excluding hydrogens is 252 g/mol. The van der Waals surface area contributed by atoms with E-state index in [2.05, 4.69) is 25.2 Å². The van der Waals surface area contributed by atoms with Crippen molar-refractivity contribution in [2.75, 3.05) is 6.61 Å². The van der Waals surface area contributed by atoms with Gasteiger partial charge in [0.15, 0.2) is 0 Å². The summed E-state index contributed by atoms with van der Waals surface area (Å²) in [6.45, 7) is 6.18. The van der Waals surface area contributed by atoms with Gasteiger partial charge < -0.3 is 9.84 Å². The third-order valence-electron chi connectivity index (χ3n) is 4.84. The summed E-state index contributed by atoms with van der Waals surface area (Å²) in [4.78, 5) is 12.1. The van der Waals surface area contributed by atoms with Crippen molar-refractivity contribution in [2.45, 2.75) is 46.1 Å². The van der Waals surface area contributed by atoms with Crippen molar-refractivity contribution in [1.29, 1.82) is 0 Å². The number of carbonyl (C=O) groups is 1. The van der Waals surface area contributed by atoms with E-state index in [9.17, 15) is 9.90 Å². The van der Waals surface area contributed by atoms with E-state index in [0.29, 0.717) is 5.92 Å². The van der Waals surface area contributed by atoms with E-state index in [4.69, 9.17) is 4.74 Å². The summed E-state index contributed by atoms with van der Waals surface area (Å²) in [7, 11) is 0. The molecular formula is C17H26O3. The zero-order valence-electron chi connectivity index (χ0n) is 12.7. The van der Waals surface area contributed by atoms with Crippen LogP contribution in [0.5, 0.6) is 0 Å². The predicted octanol–water partition coefficient (Wildman–Crippen LogP) is 3.10. The highest BCUT2D eigenvalue weighted by Gasteiger charge is 2.39. The van der Waals surface area contributed by atoms with Gasteiger partial charge in [-0.3, -0.25) is 4.79 Å². The summed E-state index contributed by atoms with van der Waals surface area (Å²) < 4.78 is 5.77. The average Bonchev–Trinajstić information content (AvgIpc) is 2.46. The van der Waals surface area contributed by atoms with Crippen LogP contribution in [0.2, 0.25) is 0 Å². The van der Waals surface area contributed by atoms with Crippen LogP contribution in [-0.4, -0.2) is 23.8 Å². The molecule has 3 nitrogen and oxygen atoms in total. The maximum atomic E-state index is 12.1. The molecule has 112 valence electrons. The molecule has 0 saturated carbocycles. The molecule has 5 atom stereocenters. The first kappa shape index (κ1) is 15.3. The maximum Gasteiger partial charge on any atom is 0.308 e. The summed E-state index contributed by atoms with van der Waals surface area (Å²) in [6.07, 6.45) is 9.06. The fraction of sp³-hybridized carbons (Fsp3) is 0.706. The van der Waals surface area contributed by atoms with E-state index in [1.165, 1.54) is 5.57 Å². The topological polar surface area (TPSA) is 46.5 Å². The Kier molecular flexibility index (Phi) is 5.03. The van der Waals surface area contributed by atoms with Gasteiger partial charge in [0.05, 0.1) is 5.92 Å². The molecule has 2 aliphatic carbocycles. The van der Waals surface area contributed by atoms with Gasteiger partial charge in [0.1, 0.15) is 6.10 Å². The molecule has 0 amide bonds. The second-order valence-corrected chi connectivity index (χ2v) is 6.16. The molecule has 0 aromatic carbocycles. The molecule has 0 radical (unpaired) electrons. The molecule has 3 heteroatoms. The molecule has 2 aliphatic rings. The van der Waals surface area contributed by atoms with E-state index in [1.807, 2.05) is 13.8 Å². The van der Waals surface area contributed by atoms with Crippen LogP contribution in [0, 0.1) is 23.7 Å². The van der Waals surface area contributed by atoms with E-state index >= 15 is 0 Å². The number of allylic oxidation sites excluding steroid dienone is 3. The summed E-state index contributed by atoms with van der Waals surface area (Å²) in [5.74, 6) is 0.485. The van der Waals surface area contributed by atoms with Gasteiger partial charge in [-0.15, -0.1) is 0 Å². The minimum Gasteiger partial charge on any atom is -0.461 e. The van der Waals surface area contributed by atoms with E-state index in [0.717, 1.165) is 19.3 Å². The lowest BCUT2D eigenvalue weighted by atomic mass is 9.68. The molecule has 0 aromatic heterocycles. The molecule has 1 N–H and O–H groups in total. The van der Waals surface area contributed by atoms with Gasteiger partial charge in [-0.1, -0.05) is 39.0 Å². The normalized spacial score (nSPS) is 34.1. The first-order chi connectivity index (χ1) is 9.58. The number of hydrogen-bond donors (Lipinski definition) is 1. The van der Waals surface area contributed by atoms with Crippen LogP contribution in [0.25, 0.3) is 0 Å². The number of hydrogen-bond acceptors (Lipinski definition) is 3. The van der Waals surface area contributed by atoms with Crippen molar-refractivity contribution in [3.05, 3.63) is 23.8 Å². The standard InChI is InChI=1S/C17H26O3/c1-4-11(2)17(19)20-15-7-5-6-13-9-8-12(3)14(10-18)16(13)15/h6,8-9,11-12,14-16,18H,4-5,7,10H2,1-3H3/t11-,12-,14-,15-,16-/m0/s1. The number of ether oxygens (including phenoxy) is 1. The summed E-state index contributed by atoms with van der Waals surface area (Å²) in [5, 5.41) is 9.71. The van der Waals surface area contributed by atoms with Crippen molar-refractivity contribution in [1.82, 2.24) is 0 Å². The quantitative estimate of drug-likeness (QED) is 0.804. The molecule has 0 heterocycles. The minimum absolute atomic E-state index is 0.0477. The molecule has 20 heavy (non-hydrogen) atoms. The summed E-state index contributed by atoms with van der Waals surface area (Å²) in [5.41, 5.74) is 1.23. The first-order valence-corrected chi connectivity index (χ1v) is 7.78. The number of carbonyl (C=O) groups excluding carboxylic acids is 1. The van der Waals surface area contributed by atoms with Crippen molar-refractivity contribution < 1.29 is 14.6 Å². The molecule has 0 aliphatic heterocycles. The third kappa shape index (κ3) is 2.98. The lowest BCUT2D eigenvalue weighted by Gasteiger charge is -2.40. The monoisotopic (exact) mass is 278 g/mol. The maximum absolute atomic E-state index is 12.1. The molecule has 0 unspecified atom stereocenters. The summed E-state index contributed by atoms with van der Waals surface area (Å²) >= 11 is 0. The van der Waals surface area contributed by atoms with Crippen LogP contribution < -0.4 is 0 Å². The lowest BCUT2D eigenvalue weighted by molar-refractivity contribution is -0.158. The number of aliphatic hydroxyl groups excluding tert-OH is 1. The molecule has 0 spiro atoms. The Morgan fingerprint density at radius 2 is 2.30 bits per heavy atom. The molecule has 0 bridgehead atoms. The second kappa shape index (κ2) is 6.57. The van der Waals surface area contributed by atoms with Crippen LogP contribution in [0.3, 0.4) is 0 Å². The summed E-state index contributed by atoms with van der Waals surface area (Å²) in [6, 6.07) is 0. The van der Waals surface area contributed by atoms with Crippen LogP contribution in [0.15, 0.2) is 23.8 Å². The highest BCUT2D eigenvalue weighted by atomic mass is 16.5. The number of aliphatic hydroxyl groups is 1. The Hall–Kier alpha value is -1.09. The van der Waals surface area contributed by atoms with Gasteiger partial charge in [-0.2, -0.15) is 0 Å². The van der Waals surface area contributed by atoms with E-state index in [-0.39, 0.29) is 36.4 Å². The fourth-order valence-corrected chi connectivity index (χ4v) is 3.22. The van der Waals surface area contributed by atoms with Gasteiger partial charge >= 0.3 is 5.97 Å². The molecule has 0 fully saturated rings. The second-order valence-electron chi connectivity index (χ2n) is 6.16. The van der Waals surface area contributed by atoms with Crippen LogP contribution in [0.4, 0.5) is 0 Å². The average molecular weight is 278 g/mol. The van der Waals surface area contributed by atoms with Crippen LogP contribution in [0.1, 0.15) is 40.0 Å². The van der Waals surface area contributed by atoms with Crippen molar-refractivity contribution in [3.8, 4) is 0 Å². The fourth-order valence-electron chi connectivity index (χ4n) is 3.22. The Morgan fingerprint density at radius 3 is 2.95 bits per heavy atom. The Labute approximate surface area is 121 Å². The molecule has 0 saturated heterocycles. The van der Waals surface area contributed by atoms with Gasteiger partial charge in [-0.05, 0) is 36.7 Å². The Bertz CT molecular complexity index is 410. The molecule has 0 aromatic rings. The van der Waals surface area contributed by atoms with Crippen molar-refractivity contribution in [2.24, 2.45) is 23.7 Å². The van der Waals surface area contributed by atoms with Gasteiger partial charge in [0, 0.05) is 12.5 Å².